The summed E-state index contributed by atoms with van der Waals surface area (Å²) in [4.78, 5) is 2.42. The molecule has 1 rings (SSSR count). The zero-order chi connectivity index (χ0) is 8.10. The molecule has 0 amide bonds. The minimum Gasteiger partial charge on any atom is -0.395 e. The van der Waals surface area contributed by atoms with Crippen molar-refractivity contribution in [1.29, 1.82) is 0 Å². The Kier molecular flexibility index (Phi) is 3.87. The van der Waals surface area contributed by atoms with Gasteiger partial charge in [0.1, 0.15) is 0 Å². The first kappa shape index (κ1) is 9.01. The Morgan fingerprint density at radius 1 is 1.27 bits per heavy atom. The third-order valence-electron chi connectivity index (χ3n) is 2.59. The zero-order valence-electron chi connectivity index (χ0n) is 7.42. The Labute approximate surface area is 69.2 Å². The highest BCUT2D eigenvalue weighted by Crippen LogP contribution is 2.13. The molecule has 0 spiro atoms. The number of likely N-dealkylation sites (tertiary alicyclic amines) is 1. The average Bonchev–Trinajstić information content (AvgIpc) is 2.09. The largest absolute Gasteiger partial charge is 0.395 e. The van der Waals surface area contributed by atoms with Crippen LogP contribution in [0.4, 0.5) is 0 Å². The minimum absolute atomic E-state index is 0.330. The van der Waals surface area contributed by atoms with E-state index in [4.69, 9.17) is 5.11 Å². The van der Waals surface area contributed by atoms with Crippen LogP contribution in [-0.4, -0.2) is 35.7 Å². The highest BCUT2D eigenvalue weighted by atomic mass is 16.3. The van der Waals surface area contributed by atoms with Crippen molar-refractivity contribution < 1.29 is 5.11 Å². The molecular weight excluding hydrogens is 138 g/mol. The summed E-state index contributed by atoms with van der Waals surface area (Å²) >= 11 is 0. The van der Waals surface area contributed by atoms with Gasteiger partial charge in [-0.15, -0.1) is 0 Å². The van der Waals surface area contributed by atoms with Crippen LogP contribution in [0.2, 0.25) is 0 Å². The lowest BCUT2D eigenvalue weighted by atomic mass is 10.1. The molecule has 0 unspecified atom stereocenters. The lowest BCUT2D eigenvalue weighted by Gasteiger charge is -2.32. The molecule has 0 aromatic heterocycles. The van der Waals surface area contributed by atoms with Gasteiger partial charge in [0.05, 0.1) is 6.61 Å². The summed E-state index contributed by atoms with van der Waals surface area (Å²) in [5.41, 5.74) is 0. The Morgan fingerprint density at radius 2 is 1.91 bits per heavy atom. The molecule has 1 saturated heterocycles. The van der Waals surface area contributed by atoms with E-state index in [1.165, 1.54) is 32.4 Å². The summed E-state index contributed by atoms with van der Waals surface area (Å²) in [6, 6.07) is 0.426. The summed E-state index contributed by atoms with van der Waals surface area (Å²) in [5, 5.41) is 9.04. The van der Waals surface area contributed by atoms with Crippen molar-refractivity contribution in [3.63, 3.8) is 0 Å². The van der Waals surface area contributed by atoms with Crippen LogP contribution in [0, 0.1) is 0 Å². The van der Waals surface area contributed by atoms with Crippen LogP contribution in [0.25, 0.3) is 0 Å². The Bertz CT molecular complexity index is 95.7. The SMILES string of the molecule is CC[C@@H](CO)N1CCCCC1. The van der Waals surface area contributed by atoms with Gasteiger partial charge in [-0.05, 0) is 32.4 Å². The molecule has 2 nitrogen and oxygen atoms in total. The molecule has 1 aliphatic heterocycles. The number of aliphatic hydroxyl groups is 1. The molecule has 0 aliphatic carbocycles. The summed E-state index contributed by atoms with van der Waals surface area (Å²) in [5.74, 6) is 0. The highest BCUT2D eigenvalue weighted by Gasteiger charge is 2.17. The van der Waals surface area contributed by atoms with Gasteiger partial charge in [-0.3, -0.25) is 4.90 Å². The second-order valence-electron chi connectivity index (χ2n) is 3.34. The molecule has 0 radical (unpaired) electrons. The van der Waals surface area contributed by atoms with E-state index in [0.717, 1.165) is 6.42 Å². The van der Waals surface area contributed by atoms with Crippen LogP contribution >= 0.6 is 0 Å². The van der Waals surface area contributed by atoms with Crippen molar-refractivity contribution in [2.45, 2.75) is 38.6 Å². The predicted molar refractivity (Wildman–Crippen MR) is 46.6 cm³/mol. The molecule has 0 aromatic rings. The molecule has 66 valence electrons. The van der Waals surface area contributed by atoms with E-state index in [2.05, 4.69) is 11.8 Å². The third-order valence-corrected chi connectivity index (χ3v) is 2.59. The first-order chi connectivity index (χ1) is 5.38. The molecule has 1 N–H and O–H groups in total. The van der Waals surface area contributed by atoms with Gasteiger partial charge in [-0.2, -0.15) is 0 Å². The number of aliphatic hydroxyl groups excluding tert-OH is 1. The van der Waals surface area contributed by atoms with Gasteiger partial charge in [0, 0.05) is 6.04 Å². The summed E-state index contributed by atoms with van der Waals surface area (Å²) in [6.07, 6.45) is 5.09. The molecule has 11 heavy (non-hydrogen) atoms. The maximum Gasteiger partial charge on any atom is 0.0586 e. The van der Waals surface area contributed by atoms with Crippen molar-refractivity contribution in [3.05, 3.63) is 0 Å². The lowest BCUT2D eigenvalue weighted by Crippen LogP contribution is -2.40. The molecule has 0 saturated carbocycles. The third kappa shape index (κ3) is 2.46. The van der Waals surface area contributed by atoms with Crippen molar-refractivity contribution in [2.24, 2.45) is 0 Å². The van der Waals surface area contributed by atoms with E-state index < -0.39 is 0 Å². The van der Waals surface area contributed by atoms with Gasteiger partial charge in [-0.1, -0.05) is 13.3 Å². The van der Waals surface area contributed by atoms with E-state index in [1.54, 1.807) is 0 Å². The molecule has 0 bridgehead atoms. The summed E-state index contributed by atoms with van der Waals surface area (Å²) in [7, 11) is 0. The molecule has 1 atom stereocenters. The zero-order valence-corrected chi connectivity index (χ0v) is 7.42. The molecule has 2 heteroatoms. The van der Waals surface area contributed by atoms with Gasteiger partial charge in [-0.25, -0.2) is 0 Å². The number of rotatable bonds is 3. The van der Waals surface area contributed by atoms with Crippen LogP contribution in [0.5, 0.6) is 0 Å². The predicted octanol–water partition coefficient (Wildman–Crippen LogP) is 1.24. The topological polar surface area (TPSA) is 23.5 Å². The van der Waals surface area contributed by atoms with E-state index in [1.807, 2.05) is 0 Å². The van der Waals surface area contributed by atoms with Gasteiger partial charge in [0.25, 0.3) is 0 Å². The molecular formula is C9H19NO. The maximum absolute atomic E-state index is 9.04. The van der Waals surface area contributed by atoms with Crippen LogP contribution < -0.4 is 0 Å². The minimum atomic E-state index is 0.330. The smallest absolute Gasteiger partial charge is 0.0586 e. The second-order valence-corrected chi connectivity index (χ2v) is 3.34. The summed E-state index contributed by atoms with van der Waals surface area (Å²) in [6.45, 7) is 4.87. The van der Waals surface area contributed by atoms with Gasteiger partial charge in [0.15, 0.2) is 0 Å². The Hall–Kier alpha value is -0.0800. The number of hydrogen-bond donors (Lipinski definition) is 1. The van der Waals surface area contributed by atoms with Crippen molar-refractivity contribution in [3.8, 4) is 0 Å². The van der Waals surface area contributed by atoms with E-state index >= 15 is 0 Å². The quantitative estimate of drug-likeness (QED) is 0.666. The molecule has 1 aliphatic rings. The lowest BCUT2D eigenvalue weighted by molar-refractivity contribution is 0.101. The van der Waals surface area contributed by atoms with Gasteiger partial charge < -0.3 is 5.11 Å². The average molecular weight is 157 g/mol. The van der Waals surface area contributed by atoms with Crippen LogP contribution in [-0.2, 0) is 0 Å². The fraction of sp³-hybridized carbons (Fsp3) is 1.00. The number of nitrogens with zero attached hydrogens (tertiary/aromatic N) is 1. The fourth-order valence-electron chi connectivity index (χ4n) is 1.79. The highest BCUT2D eigenvalue weighted by molar-refractivity contribution is 4.72. The van der Waals surface area contributed by atoms with Crippen LogP contribution in [0.15, 0.2) is 0 Å². The van der Waals surface area contributed by atoms with Crippen LogP contribution in [0.3, 0.4) is 0 Å². The normalized spacial score (nSPS) is 23.5. The monoisotopic (exact) mass is 157 g/mol. The van der Waals surface area contributed by atoms with Crippen LogP contribution in [0.1, 0.15) is 32.6 Å². The maximum atomic E-state index is 9.04. The fourth-order valence-corrected chi connectivity index (χ4v) is 1.79. The molecule has 0 aromatic carbocycles. The standard InChI is InChI=1S/C9H19NO/c1-2-9(8-11)10-6-4-3-5-7-10/h9,11H,2-8H2,1H3/t9-/m0/s1. The number of piperidine rings is 1. The first-order valence-corrected chi connectivity index (χ1v) is 4.73. The Balaban J connectivity index is 2.30. The molecule has 1 heterocycles. The van der Waals surface area contributed by atoms with Crippen molar-refractivity contribution >= 4 is 0 Å². The molecule has 1 fully saturated rings. The van der Waals surface area contributed by atoms with E-state index in [-0.39, 0.29) is 0 Å². The Morgan fingerprint density at radius 3 is 2.36 bits per heavy atom. The van der Waals surface area contributed by atoms with Crippen molar-refractivity contribution in [1.82, 2.24) is 4.90 Å². The van der Waals surface area contributed by atoms with E-state index in [9.17, 15) is 0 Å². The van der Waals surface area contributed by atoms with Crippen molar-refractivity contribution in [2.75, 3.05) is 19.7 Å². The van der Waals surface area contributed by atoms with Gasteiger partial charge in [0.2, 0.25) is 0 Å². The second kappa shape index (κ2) is 4.73. The number of hydrogen-bond acceptors (Lipinski definition) is 2. The first-order valence-electron chi connectivity index (χ1n) is 4.73. The van der Waals surface area contributed by atoms with E-state index in [0.29, 0.717) is 12.6 Å². The summed E-state index contributed by atoms with van der Waals surface area (Å²) < 4.78 is 0. The van der Waals surface area contributed by atoms with Gasteiger partial charge >= 0.3 is 0 Å².